The van der Waals surface area contributed by atoms with Crippen LogP contribution >= 0.6 is 11.3 Å². The number of thiophene rings is 1. The van der Waals surface area contributed by atoms with Crippen LogP contribution in [0.1, 0.15) is 22.7 Å². The van der Waals surface area contributed by atoms with Gasteiger partial charge >= 0.3 is 0 Å². The standard InChI is InChI=1S/C15H20N2S/c1-12-4-3-5-14(8-12)15(9-16)17(2)10-13-6-7-18-11-13/h3-8,11,15H,9-10,16H2,1-2H3. The van der Waals surface area contributed by atoms with Crippen molar-refractivity contribution < 1.29 is 0 Å². The summed E-state index contributed by atoms with van der Waals surface area (Å²) in [5.41, 5.74) is 9.89. The quantitative estimate of drug-likeness (QED) is 0.894. The van der Waals surface area contributed by atoms with E-state index in [1.807, 2.05) is 0 Å². The van der Waals surface area contributed by atoms with Crippen LogP contribution in [-0.4, -0.2) is 18.5 Å². The van der Waals surface area contributed by atoms with Crippen molar-refractivity contribution in [3.05, 3.63) is 57.8 Å². The van der Waals surface area contributed by atoms with E-state index in [-0.39, 0.29) is 6.04 Å². The van der Waals surface area contributed by atoms with Gasteiger partial charge in [-0.15, -0.1) is 0 Å². The molecule has 0 bridgehead atoms. The third kappa shape index (κ3) is 3.19. The highest BCUT2D eigenvalue weighted by atomic mass is 32.1. The van der Waals surface area contributed by atoms with Gasteiger partial charge in [0.2, 0.25) is 0 Å². The monoisotopic (exact) mass is 260 g/mol. The van der Waals surface area contributed by atoms with Crippen LogP contribution in [0.15, 0.2) is 41.1 Å². The maximum Gasteiger partial charge on any atom is 0.0471 e. The normalized spacial score (nSPS) is 12.9. The van der Waals surface area contributed by atoms with E-state index < -0.39 is 0 Å². The minimum Gasteiger partial charge on any atom is -0.329 e. The summed E-state index contributed by atoms with van der Waals surface area (Å²) in [6, 6.07) is 11.1. The van der Waals surface area contributed by atoms with E-state index in [0.29, 0.717) is 6.54 Å². The van der Waals surface area contributed by atoms with E-state index in [0.717, 1.165) is 6.54 Å². The fraction of sp³-hybridized carbons (Fsp3) is 0.333. The maximum absolute atomic E-state index is 5.95. The van der Waals surface area contributed by atoms with Crippen molar-refractivity contribution in [3.63, 3.8) is 0 Å². The molecule has 1 unspecified atom stereocenters. The molecule has 0 amide bonds. The molecule has 2 aromatic rings. The highest BCUT2D eigenvalue weighted by Crippen LogP contribution is 2.21. The predicted octanol–water partition coefficient (Wildman–Crippen LogP) is 3.19. The first-order valence-corrected chi connectivity index (χ1v) is 7.13. The zero-order valence-corrected chi connectivity index (χ0v) is 11.8. The van der Waals surface area contributed by atoms with E-state index in [1.165, 1.54) is 16.7 Å². The molecule has 18 heavy (non-hydrogen) atoms. The molecule has 1 heterocycles. The molecule has 0 spiro atoms. The summed E-state index contributed by atoms with van der Waals surface area (Å²) in [5, 5.41) is 4.31. The first-order valence-electron chi connectivity index (χ1n) is 6.18. The SMILES string of the molecule is Cc1cccc(C(CN)N(C)Cc2ccsc2)c1. The fourth-order valence-corrected chi connectivity index (χ4v) is 2.89. The third-order valence-electron chi connectivity index (χ3n) is 3.19. The average molecular weight is 260 g/mol. The molecule has 0 radical (unpaired) electrons. The number of rotatable bonds is 5. The third-order valence-corrected chi connectivity index (χ3v) is 3.93. The summed E-state index contributed by atoms with van der Waals surface area (Å²) >= 11 is 1.74. The van der Waals surface area contributed by atoms with Crippen LogP contribution < -0.4 is 5.73 Å². The minimum absolute atomic E-state index is 0.282. The Bertz CT molecular complexity index is 479. The van der Waals surface area contributed by atoms with Gasteiger partial charge in [0.05, 0.1) is 0 Å². The average Bonchev–Trinajstić information content (AvgIpc) is 2.83. The minimum atomic E-state index is 0.282. The predicted molar refractivity (Wildman–Crippen MR) is 78.8 cm³/mol. The molecule has 0 aliphatic rings. The van der Waals surface area contributed by atoms with Gasteiger partial charge in [-0.05, 0) is 41.9 Å². The van der Waals surface area contributed by atoms with Gasteiger partial charge in [0.25, 0.3) is 0 Å². The summed E-state index contributed by atoms with van der Waals surface area (Å²) in [4.78, 5) is 2.32. The first kappa shape index (κ1) is 13.3. The van der Waals surface area contributed by atoms with Crippen LogP contribution in [0.2, 0.25) is 0 Å². The van der Waals surface area contributed by atoms with Crippen molar-refractivity contribution in [2.45, 2.75) is 19.5 Å². The highest BCUT2D eigenvalue weighted by molar-refractivity contribution is 7.07. The van der Waals surface area contributed by atoms with Crippen molar-refractivity contribution in [1.29, 1.82) is 0 Å². The Hall–Kier alpha value is -1.16. The molecule has 0 aliphatic carbocycles. The molecule has 1 aromatic heterocycles. The molecule has 96 valence electrons. The van der Waals surface area contributed by atoms with Gasteiger partial charge in [0.1, 0.15) is 0 Å². The summed E-state index contributed by atoms with van der Waals surface area (Å²) < 4.78 is 0. The molecule has 0 saturated heterocycles. The van der Waals surface area contributed by atoms with Gasteiger partial charge in [-0.3, -0.25) is 4.90 Å². The number of hydrogen-bond acceptors (Lipinski definition) is 3. The van der Waals surface area contributed by atoms with Crippen LogP contribution in [0.5, 0.6) is 0 Å². The van der Waals surface area contributed by atoms with Gasteiger partial charge in [-0.2, -0.15) is 11.3 Å². The Labute approximate surface area is 113 Å². The Kier molecular flexibility index (Phi) is 4.53. The van der Waals surface area contributed by atoms with Gasteiger partial charge in [0, 0.05) is 19.1 Å². The van der Waals surface area contributed by atoms with E-state index >= 15 is 0 Å². The zero-order valence-electron chi connectivity index (χ0n) is 11.0. The number of hydrogen-bond donors (Lipinski definition) is 1. The van der Waals surface area contributed by atoms with Crippen LogP contribution in [0.4, 0.5) is 0 Å². The van der Waals surface area contributed by atoms with E-state index in [4.69, 9.17) is 5.73 Å². The topological polar surface area (TPSA) is 29.3 Å². The summed E-state index contributed by atoms with van der Waals surface area (Å²) in [5.74, 6) is 0. The van der Waals surface area contributed by atoms with Gasteiger partial charge in [-0.25, -0.2) is 0 Å². The van der Waals surface area contributed by atoms with Crippen molar-refractivity contribution in [2.75, 3.05) is 13.6 Å². The second-order valence-corrected chi connectivity index (χ2v) is 5.49. The Balaban J connectivity index is 2.12. The number of aryl methyl sites for hydroxylation is 1. The molecule has 2 nitrogen and oxygen atoms in total. The number of likely N-dealkylation sites (N-methyl/N-ethyl adjacent to an activating group) is 1. The molecule has 0 saturated carbocycles. The Morgan fingerprint density at radius 2 is 2.17 bits per heavy atom. The van der Waals surface area contributed by atoms with E-state index in [1.54, 1.807) is 11.3 Å². The maximum atomic E-state index is 5.95. The summed E-state index contributed by atoms with van der Waals surface area (Å²) in [7, 11) is 2.14. The molecule has 1 aromatic carbocycles. The lowest BCUT2D eigenvalue weighted by atomic mass is 10.0. The van der Waals surface area contributed by atoms with Gasteiger partial charge in [-0.1, -0.05) is 29.8 Å². The van der Waals surface area contributed by atoms with Crippen LogP contribution in [-0.2, 0) is 6.54 Å². The molecule has 2 N–H and O–H groups in total. The summed E-state index contributed by atoms with van der Waals surface area (Å²) in [6.45, 7) is 3.71. The molecule has 3 heteroatoms. The Morgan fingerprint density at radius 3 is 2.78 bits per heavy atom. The van der Waals surface area contributed by atoms with Crippen molar-refractivity contribution >= 4 is 11.3 Å². The van der Waals surface area contributed by atoms with Crippen molar-refractivity contribution in [2.24, 2.45) is 5.73 Å². The Morgan fingerprint density at radius 1 is 1.33 bits per heavy atom. The molecular formula is C15H20N2S. The number of nitrogens with two attached hydrogens (primary N) is 1. The summed E-state index contributed by atoms with van der Waals surface area (Å²) in [6.07, 6.45) is 0. The lowest BCUT2D eigenvalue weighted by Crippen LogP contribution is -2.30. The van der Waals surface area contributed by atoms with Crippen molar-refractivity contribution in [3.8, 4) is 0 Å². The van der Waals surface area contributed by atoms with Crippen LogP contribution in [0.3, 0.4) is 0 Å². The number of nitrogens with zero attached hydrogens (tertiary/aromatic N) is 1. The molecule has 0 aliphatic heterocycles. The second-order valence-electron chi connectivity index (χ2n) is 4.71. The molecule has 1 atom stereocenters. The first-order chi connectivity index (χ1) is 8.70. The second kappa shape index (κ2) is 6.14. The molecular weight excluding hydrogens is 240 g/mol. The lowest BCUT2D eigenvalue weighted by Gasteiger charge is -2.27. The van der Waals surface area contributed by atoms with Crippen LogP contribution in [0, 0.1) is 6.92 Å². The largest absolute Gasteiger partial charge is 0.329 e. The fourth-order valence-electron chi connectivity index (χ4n) is 2.23. The molecule has 0 fully saturated rings. The zero-order chi connectivity index (χ0) is 13.0. The highest BCUT2D eigenvalue weighted by Gasteiger charge is 2.15. The smallest absolute Gasteiger partial charge is 0.0471 e. The van der Waals surface area contributed by atoms with Crippen molar-refractivity contribution in [1.82, 2.24) is 4.90 Å². The van der Waals surface area contributed by atoms with E-state index in [9.17, 15) is 0 Å². The lowest BCUT2D eigenvalue weighted by molar-refractivity contribution is 0.242. The van der Waals surface area contributed by atoms with Crippen LogP contribution in [0.25, 0.3) is 0 Å². The van der Waals surface area contributed by atoms with Gasteiger partial charge < -0.3 is 5.73 Å². The van der Waals surface area contributed by atoms with Gasteiger partial charge in [0.15, 0.2) is 0 Å². The molecule has 2 rings (SSSR count). The number of benzene rings is 1. The van der Waals surface area contributed by atoms with E-state index in [2.05, 4.69) is 60.0 Å².